The van der Waals surface area contributed by atoms with Crippen LogP contribution in [0.25, 0.3) is 0 Å². The van der Waals surface area contributed by atoms with Crippen molar-refractivity contribution in [2.24, 2.45) is 16.6 Å². The molecule has 1 amide bonds. The molecule has 1 rings (SSSR count). The molecule has 0 saturated carbocycles. The second kappa shape index (κ2) is 11.3. The molecule has 1 aromatic rings. The highest BCUT2D eigenvalue weighted by atomic mass is 127. The fourth-order valence-electron chi connectivity index (χ4n) is 2.25. The highest BCUT2D eigenvalue weighted by Gasteiger charge is 2.20. The maximum Gasteiger partial charge on any atom is 0.410 e. The number of carbonyl (C=O) groups is 1. The molecule has 0 heterocycles. The van der Waals surface area contributed by atoms with Crippen LogP contribution in [-0.2, 0) is 11.2 Å². The SMILES string of the molecule is CCc1cccc(NC(N)=NCC(C)CN(C)C(=O)OC(C)(C)C)c1.I. The number of ether oxygens (including phenoxy) is 1. The fraction of sp³-hybridized carbons (Fsp3) is 0.579. The van der Waals surface area contributed by atoms with Gasteiger partial charge in [0.1, 0.15) is 5.60 Å². The smallest absolute Gasteiger partial charge is 0.410 e. The molecule has 1 atom stereocenters. The number of halogens is 1. The first kappa shape index (κ1) is 24.5. The van der Waals surface area contributed by atoms with Crippen molar-refractivity contribution in [1.82, 2.24) is 4.90 Å². The Hall–Kier alpha value is -1.51. The van der Waals surface area contributed by atoms with Crippen LogP contribution in [0.15, 0.2) is 29.3 Å². The first-order valence-corrected chi connectivity index (χ1v) is 8.70. The Kier molecular flexibility index (Phi) is 10.6. The highest BCUT2D eigenvalue weighted by molar-refractivity contribution is 14.0. The minimum absolute atomic E-state index is 0. The number of nitrogens with zero attached hydrogens (tertiary/aromatic N) is 2. The third-order valence-electron chi connectivity index (χ3n) is 3.47. The van der Waals surface area contributed by atoms with Gasteiger partial charge in [-0.1, -0.05) is 26.0 Å². The van der Waals surface area contributed by atoms with Crippen LogP contribution in [0.5, 0.6) is 0 Å². The second-order valence-electron chi connectivity index (χ2n) is 7.37. The number of anilines is 1. The quantitative estimate of drug-likeness (QED) is 0.368. The number of benzene rings is 1. The largest absolute Gasteiger partial charge is 0.444 e. The molecule has 0 bridgehead atoms. The van der Waals surface area contributed by atoms with Gasteiger partial charge in [-0.05, 0) is 50.8 Å². The van der Waals surface area contributed by atoms with Crippen LogP contribution in [0.1, 0.15) is 40.2 Å². The number of nitrogens with two attached hydrogens (primary N) is 1. The zero-order valence-corrected chi connectivity index (χ0v) is 19.0. The lowest BCUT2D eigenvalue weighted by Gasteiger charge is -2.26. The highest BCUT2D eigenvalue weighted by Crippen LogP contribution is 2.12. The van der Waals surface area contributed by atoms with Gasteiger partial charge < -0.3 is 20.7 Å². The fourth-order valence-corrected chi connectivity index (χ4v) is 2.25. The topological polar surface area (TPSA) is 80.0 Å². The lowest BCUT2D eigenvalue weighted by atomic mass is 10.1. The molecule has 0 aliphatic heterocycles. The summed E-state index contributed by atoms with van der Waals surface area (Å²) in [5, 5.41) is 3.10. The Morgan fingerprint density at radius 1 is 1.38 bits per heavy atom. The lowest BCUT2D eigenvalue weighted by molar-refractivity contribution is 0.0279. The number of rotatable bonds is 6. The van der Waals surface area contributed by atoms with Crippen molar-refractivity contribution < 1.29 is 9.53 Å². The van der Waals surface area contributed by atoms with Crippen LogP contribution >= 0.6 is 24.0 Å². The zero-order chi connectivity index (χ0) is 19.0. The molecule has 26 heavy (non-hydrogen) atoms. The van der Waals surface area contributed by atoms with E-state index in [1.165, 1.54) is 5.56 Å². The van der Waals surface area contributed by atoms with Gasteiger partial charge in [0.2, 0.25) is 0 Å². The van der Waals surface area contributed by atoms with Gasteiger partial charge in [-0.25, -0.2) is 4.79 Å². The van der Waals surface area contributed by atoms with Gasteiger partial charge in [0, 0.05) is 25.8 Å². The summed E-state index contributed by atoms with van der Waals surface area (Å²) in [6, 6.07) is 8.09. The molecule has 148 valence electrons. The third-order valence-corrected chi connectivity index (χ3v) is 3.47. The van der Waals surface area contributed by atoms with Gasteiger partial charge in [0.25, 0.3) is 0 Å². The van der Waals surface area contributed by atoms with Crippen LogP contribution in [0, 0.1) is 5.92 Å². The van der Waals surface area contributed by atoms with E-state index in [0.29, 0.717) is 19.0 Å². The predicted molar refractivity (Wildman–Crippen MR) is 119 cm³/mol. The number of hydrogen-bond acceptors (Lipinski definition) is 3. The second-order valence-corrected chi connectivity index (χ2v) is 7.37. The van der Waals surface area contributed by atoms with Crippen LogP contribution < -0.4 is 11.1 Å². The molecular weight excluding hydrogens is 443 g/mol. The van der Waals surface area contributed by atoms with Crippen LogP contribution in [-0.4, -0.2) is 42.7 Å². The molecular formula is C19H33IN4O2. The Morgan fingerprint density at radius 3 is 2.62 bits per heavy atom. The lowest BCUT2D eigenvalue weighted by Crippen LogP contribution is -2.37. The molecule has 6 nitrogen and oxygen atoms in total. The minimum atomic E-state index is -0.492. The molecule has 0 saturated heterocycles. The number of aryl methyl sites for hydroxylation is 1. The number of hydrogen-bond donors (Lipinski definition) is 2. The van der Waals surface area contributed by atoms with Crippen molar-refractivity contribution in [3.8, 4) is 0 Å². The molecule has 0 aliphatic rings. The van der Waals surface area contributed by atoms with Gasteiger partial charge in [-0.15, -0.1) is 24.0 Å². The first-order chi connectivity index (χ1) is 11.6. The number of aliphatic imine (C=N–C) groups is 1. The first-order valence-electron chi connectivity index (χ1n) is 8.70. The van der Waals surface area contributed by atoms with Crippen LogP contribution in [0.3, 0.4) is 0 Å². The molecule has 0 aliphatic carbocycles. The molecule has 1 aromatic carbocycles. The normalized spacial score (nSPS) is 12.8. The maximum atomic E-state index is 12.0. The summed E-state index contributed by atoms with van der Waals surface area (Å²) < 4.78 is 5.34. The summed E-state index contributed by atoms with van der Waals surface area (Å²) in [7, 11) is 1.73. The molecule has 0 fully saturated rings. The maximum absolute atomic E-state index is 12.0. The minimum Gasteiger partial charge on any atom is -0.444 e. The summed E-state index contributed by atoms with van der Waals surface area (Å²) in [6.07, 6.45) is 0.645. The Bertz CT molecular complexity index is 599. The van der Waals surface area contributed by atoms with E-state index in [1.54, 1.807) is 11.9 Å². The van der Waals surface area contributed by atoms with Crippen molar-refractivity contribution in [2.45, 2.75) is 46.6 Å². The number of carbonyl (C=O) groups excluding carboxylic acids is 1. The van der Waals surface area contributed by atoms with Gasteiger partial charge in [0.15, 0.2) is 5.96 Å². The summed E-state index contributed by atoms with van der Waals surface area (Å²) in [5.74, 6) is 0.542. The average molecular weight is 476 g/mol. The molecule has 3 N–H and O–H groups in total. The van der Waals surface area contributed by atoms with E-state index in [-0.39, 0.29) is 36.0 Å². The van der Waals surface area contributed by atoms with Crippen molar-refractivity contribution >= 4 is 41.7 Å². The van der Waals surface area contributed by atoms with Crippen molar-refractivity contribution in [1.29, 1.82) is 0 Å². The van der Waals surface area contributed by atoms with E-state index in [1.807, 2.05) is 39.8 Å². The number of amides is 1. The Morgan fingerprint density at radius 2 is 2.04 bits per heavy atom. The molecule has 0 spiro atoms. The molecule has 1 unspecified atom stereocenters. The van der Waals surface area contributed by atoms with Crippen molar-refractivity contribution in [3.05, 3.63) is 29.8 Å². The van der Waals surface area contributed by atoms with E-state index in [4.69, 9.17) is 10.5 Å². The van der Waals surface area contributed by atoms with Crippen LogP contribution in [0.2, 0.25) is 0 Å². The molecule has 7 heteroatoms. The van der Waals surface area contributed by atoms with Crippen LogP contribution in [0.4, 0.5) is 10.5 Å². The van der Waals surface area contributed by atoms with Gasteiger partial charge in [0.05, 0.1) is 0 Å². The average Bonchev–Trinajstić information content (AvgIpc) is 2.51. The molecule has 0 radical (unpaired) electrons. The Balaban J connectivity index is 0.00000625. The predicted octanol–water partition coefficient (Wildman–Crippen LogP) is 4.10. The van der Waals surface area contributed by atoms with E-state index in [9.17, 15) is 4.79 Å². The monoisotopic (exact) mass is 476 g/mol. The Labute approximate surface area is 174 Å². The van der Waals surface area contributed by atoms with E-state index >= 15 is 0 Å². The van der Waals surface area contributed by atoms with Gasteiger partial charge in [-0.2, -0.15) is 0 Å². The van der Waals surface area contributed by atoms with E-state index in [0.717, 1.165) is 12.1 Å². The van der Waals surface area contributed by atoms with Gasteiger partial charge >= 0.3 is 6.09 Å². The third kappa shape index (κ3) is 9.84. The van der Waals surface area contributed by atoms with Crippen molar-refractivity contribution in [3.63, 3.8) is 0 Å². The van der Waals surface area contributed by atoms with E-state index < -0.39 is 5.60 Å². The van der Waals surface area contributed by atoms with Gasteiger partial charge in [-0.3, -0.25) is 4.99 Å². The number of nitrogens with one attached hydrogen (secondary N) is 1. The molecule has 0 aromatic heterocycles. The summed E-state index contributed by atoms with van der Waals surface area (Å²) in [5.41, 5.74) is 7.63. The van der Waals surface area contributed by atoms with E-state index in [2.05, 4.69) is 29.4 Å². The number of guanidine groups is 1. The standard InChI is InChI=1S/C19H32N4O2.HI/c1-7-15-9-8-10-16(11-15)22-17(20)21-12-14(2)13-23(6)18(24)25-19(3,4)5;/h8-11,14H,7,12-13H2,1-6H3,(H3,20,21,22);1H. The summed E-state index contributed by atoms with van der Waals surface area (Å²) in [6.45, 7) is 10.8. The summed E-state index contributed by atoms with van der Waals surface area (Å²) in [4.78, 5) is 17.9. The summed E-state index contributed by atoms with van der Waals surface area (Å²) >= 11 is 0. The van der Waals surface area contributed by atoms with Crippen molar-refractivity contribution in [2.75, 3.05) is 25.5 Å². The zero-order valence-electron chi connectivity index (χ0n) is 16.7.